The highest BCUT2D eigenvalue weighted by Crippen LogP contribution is 2.28. The molecule has 3 aromatic heterocycles. The van der Waals surface area contributed by atoms with Gasteiger partial charge < -0.3 is 10.1 Å². The lowest BCUT2D eigenvalue weighted by Gasteiger charge is -2.28. The van der Waals surface area contributed by atoms with Crippen molar-refractivity contribution in [2.45, 2.75) is 44.4 Å². The van der Waals surface area contributed by atoms with E-state index in [4.69, 9.17) is 0 Å². The smallest absolute Gasteiger partial charge is 0.345 e. The molecule has 0 unspecified atom stereocenters. The number of ether oxygens (including phenoxy) is 1. The van der Waals surface area contributed by atoms with Crippen molar-refractivity contribution in [2.75, 3.05) is 5.32 Å². The normalized spacial score (nSPS) is 19.7. The number of nitrogens with zero attached hydrogens (tertiary/aromatic N) is 6. The maximum absolute atomic E-state index is 12.3. The predicted molar refractivity (Wildman–Crippen MR) is 107 cm³/mol. The predicted octanol–water partition coefficient (Wildman–Crippen LogP) is 3.64. The van der Waals surface area contributed by atoms with Gasteiger partial charge in [-0.05, 0) is 49.4 Å². The molecule has 1 aromatic carbocycles. The van der Waals surface area contributed by atoms with Crippen LogP contribution in [0.4, 0.5) is 14.7 Å². The number of halogens is 2. The van der Waals surface area contributed by atoms with Gasteiger partial charge in [-0.25, -0.2) is 14.2 Å². The van der Waals surface area contributed by atoms with Gasteiger partial charge in [0.1, 0.15) is 5.52 Å². The topological polar surface area (TPSA) is 82.2 Å². The minimum absolute atomic E-state index is 0.148. The van der Waals surface area contributed by atoms with Gasteiger partial charge in [-0.2, -0.15) is 8.78 Å². The van der Waals surface area contributed by atoms with E-state index in [2.05, 4.69) is 36.5 Å². The van der Waals surface area contributed by atoms with Gasteiger partial charge in [0.05, 0.1) is 23.3 Å². The summed E-state index contributed by atoms with van der Waals surface area (Å²) < 4.78 is 32.9. The van der Waals surface area contributed by atoms with Crippen molar-refractivity contribution in [3.63, 3.8) is 0 Å². The van der Waals surface area contributed by atoms with Crippen molar-refractivity contribution in [3.05, 3.63) is 36.7 Å². The number of anilines is 1. The molecule has 8 nitrogen and oxygen atoms in total. The molecule has 10 heteroatoms. The third kappa shape index (κ3) is 3.58. The fourth-order valence-corrected chi connectivity index (χ4v) is 4.08. The molecule has 0 amide bonds. The number of rotatable bonds is 5. The van der Waals surface area contributed by atoms with Crippen molar-refractivity contribution in [2.24, 2.45) is 7.05 Å². The lowest BCUT2D eigenvalue weighted by Crippen LogP contribution is -2.31. The van der Waals surface area contributed by atoms with E-state index in [-0.39, 0.29) is 12.1 Å². The van der Waals surface area contributed by atoms with Crippen molar-refractivity contribution >= 4 is 22.5 Å². The first-order chi connectivity index (χ1) is 14.6. The van der Waals surface area contributed by atoms with Gasteiger partial charge in [-0.1, -0.05) is 11.3 Å². The van der Waals surface area contributed by atoms with Crippen LogP contribution in [0.3, 0.4) is 0 Å². The van der Waals surface area contributed by atoms with Crippen LogP contribution in [-0.2, 0) is 11.8 Å². The Labute approximate surface area is 170 Å². The molecule has 1 N–H and O–H groups in total. The number of nitrogens with one attached hydrogen (secondary N) is 1. The third-order valence-corrected chi connectivity index (χ3v) is 5.64. The average molecular weight is 413 g/mol. The maximum atomic E-state index is 12.3. The Morgan fingerprint density at radius 3 is 2.77 bits per heavy atom. The molecule has 30 heavy (non-hydrogen) atoms. The van der Waals surface area contributed by atoms with Crippen LogP contribution in [0.5, 0.6) is 0 Å². The number of alkyl halides is 2. The average Bonchev–Trinajstić information content (AvgIpc) is 3.32. The summed E-state index contributed by atoms with van der Waals surface area (Å²) in [4.78, 5) is 4.47. The largest absolute Gasteiger partial charge is 0.350 e. The summed E-state index contributed by atoms with van der Waals surface area (Å²) in [5.74, 6) is 0.522. The Bertz CT molecular complexity index is 1180. The molecule has 0 radical (unpaired) electrons. The molecule has 1 aliphatic rings. The van der Waals surface area contributed by atoms with Crippen LogP contribution in [-0.4, -0.2) is 48.3 Å². The van der Waals surface area contributed by atoms with E-state index in [0.717, 1.165) is 40.5 Å². The van der Waals surface area contributed by atoms with Crippen LogP contribution in [0.1, 0.15) is 25.7 Å². The molecule has 3 heterocycles. The van der Waals surface area contributed by atoms with Crippen molar-refractivity contribution < 1.29 is 13.5 Å². The highest BCUT2D eigenvalue weighted by molar-refractivity contribution is 5.87. The maximum Gasteiger partial charge on any atom is 0.345 e. The number of hydrogen-bond donors (Lipinski definition) is 1. The standard InChI is InChI=1S/C20H21F2N7O/c1-28-17-10-12(2-7-16(17)25-27-28)15-8-9-29-18(15)11-23-20(26-29)24-13-3-5-14(6-4-13)30-19(21)22/h2,7-11,13-14,19H,3-6H2,1H3,(H,24,26). The number of hydrogen-bond acceptors (Lipinski definition) is 6. The summed E-state index contributed by atoms with van der Waals surface area (Å²) >= 11 is 0. The van der Waals surface area contributed by atoms with Gasteiger partial charge in [-0.15, -0.1) is 10.2 Å². The molecule has 0 aliphatic heterocycles. The fraction of sp³-hybridized carbons (Fsp3) is 0.400. The summed E-state index contributed by atoms with van der Waals surface area (Å²) in [5, 5.41) is 16.1. The Morgan fingerprint density at radius 2 is 1.97 bits per heavy atom. The Kier molecular flexibility index (Phi) is 4.78. The molecule has 0 atom stereocenters. The van der Waals surface area contributed by atoms with E-state index in [0.29, 0.717) is 18.8 Å². The minimum Gasteiger partial charge on any atom is -0.350 e. The van der Waals surface area contributed by atoms with Gasteiger partial charge in [0.15, 0.2) is 0 Å². The quantitative estimate of drug-likeness (QED) is 0.538. The van der Waals surface area contributed by atoms with Crippen LogP contribution < -0.4 is 5.32 Å². The van der Waals surface area contributed by atoms with Gasteiger partial charge in [0, 0.05) is 24.8 Å². The first-order valence-corrected chi connectivity index (χ1v) is 9.91. The van der Waals surface area contributed by atoms with E-state index in [1.54, 1.807) is 15.4 Å². The van der Waals surface area contributed by atoms with Crippen LogP contribution in [0.25, 0.3) is 27.7 Å². The SMILES string of the molecule is Cn1nnc2ccc(-c3ccn4nc(NC5CCC(OC(F)F)CC5)ncc34)cc21. The van der Waals surface area contributed by atoms with Crippen molar-refractivity contribution in [3.8, 4) is 11.1 Å². The lowest BCUT2D eigenvalue weighted by atomic mass is 9.93. The highest BCUT2D eigenvalue weighted by atomic mass is 19.3. The van der Waals surface area contributed by atoms with E-state index >= 15 is 0 Å². The molecule has 0 spiro atoms. The fourth-order valence-electron chi connectivity index (χ4n) is 4.08. The van der Waals surface area contributed by atoms with Crippen LogP contribution in [0, 0.1) is 0 Å². The number of fused-ring (bicyclic) bond motifs is 2. The molecule has 1 saturated carbocycles. The summed E-state index contributed by atoms with van der Waals surface area (Å²) in [6, 6.07) is 8.17. The van der Waals surface area contributed by atoms with E-state index in [1.165, 1.54) is 0 Å². The zero-order valence-corrected chi connectivity index (χ0v) is 16.4. The first kappa shape index (κ1) is 18.9. The second kappa shape index (κ2) is 7.60. The molecule has 0 bridgehead atoms. The Balaban J connectivity index is 1.33. The molecular weight excluding hydrogens is 392 g/mol. The Morgan fingerprint density at radius 1 is 1.13 bits per heavy atom. The number of benzene rings is 1. The van der Waals surface area contributed by atoms with E-state index < -0.39 is 6.61 Å². The van der Waals surface area contributed by atoms with Gasteiger partial charge in [0.25, 0.3) is 0 Å². The zero-order valence-electron chi connectivity index (χ0n) is 16.4. The van der Waals surface area contributed by atoms with Crippen LogP contribution in [0.2, 0.25) is 0 Å². The van der Waals surface area contributed by atoms with E-state index in [1.807, 2.05) is 31.4 Å². The molecule has 156 valence electrons. The van der Waals surface area contributed by atoms with Crippen molar-refractivity contribution in [1.82, 2.24) is 29.6 Å². The molecule has 1 aliphatic carbocycles. The molecule has 5 rings (SSSR count). The summed E-state index contributed by atoms with van der Waals surface area (Å²) in [7, 11) is 1.87. The monoisotopic (exact) mass is 413 g/mol. The number of aryl methyl sites for hydroxylation is 1. The van der Waals surface area contributed by atoms with Crippen molar-refractivity contribution in [1.29, 1.82) is 0 Å². The lowest BCUT2D eigenvalue weighted by molar-refractivity contribution is -0.169. The minimum atomic E-state index is -2.71. The molecule has 0 saturated heterocycles. The summed E-state index contributed by atoms with van der Waals surface area (Å²) in [5.41, 5.74) is 4.76. The molecular formula is C20H21F2N7O. The van der Waals surface area contributed by atoms with Gasteiger partial charge >= 0.3 is 6.61 Å². The highest BCUT2D eigenvalue weighted by Gasteiger charge is 2.24. The van der Waals surface area contributed by atoms with E-state index in [9.17, 15) is 8.78 Å². The first-order valence-electron chi connectivity index (χ1n) is 9.91. The molecule has 4 aromatic rings. The van der Waals surface area contributed by atoms with Gasteiger partial charge in [-0.3, -0.25) is 0 Å². The zero-order chi connectivity index (χ0) is 20.7. The van der Waals surface area contributed by atoms with Crippen LogP contribution in [0.15, 0.2) is 36.7 Å². The van der Waals surface area contributed by atoms with Gasteiger partial charge in [0.2, 0.25) is 5.95 Å². The summed E-state index contributed by atoms with van der Waals surface area (Å²) in [6.45, 7) is -2.71. The molecule has 1 fully saturated rings. The summed E-state index contributed by atoms with van der Waals surface area (Å²) in [6.07, 6.45) is 6.01. The van der Waals surface area contributed by atoms with Crippen LogP contribution >= 0.6 is 0 Å². The second-order valence-corrected chi connectivity index (χ2v) is 7.57. The second-order valence-electron chi connectivity index (χ2n) is 7.57. The Hall–Kier alpha value is -3.14. The number of aromatic nitrogens is 6. The third-order valence-electron chi connectivity index (χ3n) is 5.64.